The van der Waals surface area contributed by atoms with Gasteiger partial charge in [0.05, 0.1) is 13.7 Å². The molecule has 0 aliphatic rings. The minimum atomic E-state index is 0.550. The molecule has 0 amide bonds. The van der Waals surface area contributed by atoms with Gasteiger partial charge in [0.1, 0.15) is 0 Å². The summed E-state index contributed by atoms with van der Waals surface area (Å²) in [7, 11) is 3.35. The van der Waals surface area contributed by atoms with Gasteiger partial charge in [-0.25, -0.2) is 4.68 Å². The summed E-state index contributed by atoms with van der Waals surface area (Å²) >= 11 is 0. The normalized spacial score (nSPS) is 9.73. The summed E-state index contributed by atoms with van der Waals surface area (Å²) in [5, 5.41) is 3.85. The molecule has 0 saturated heterocycles. The van der Waals surface area contributed by atoms with E-state index in [0.717, 1.165) is 0 Å². The molecule has 0 bridgehead atoms. The molecular formula is C7H11N2O2. The van der Waals surface area contributed by atoms with Gasteiger partial charge in [0, 0.05) is 7.05 Å². The van der Waals surface area contributed by atoms with Crippen molar-refractivity contribution in [3.63, 3.8) is 0 Å². The van der Waals surface area contributed by atoms with Crippen LogP contribution in [0.5, 0.6) is 11.6 Å². The zero-order valence-electron chi connectivity index (χ0n) is 6.92. The van der Waals surface area contributed by atoms with Crippen molar-refractivity contribution in [3.8, 4) is 11.6 Å². The largest absolute Gasteiger partial charge is 0.490 e. The van der Waals surface area contributed by atoms with Crippen molar-refractivity contribution < 1.29 is 9.47 Å². The first-order valence-corrected chi connectivity index (χ1v) is 3.41. The van der Waals surface area contributed by atoms with E-state index in [2.05, 4.69) is 11.3 Å². The molecule has 11 heavy (non-hydrogen) atoms. The minimum Gasteiger partial charge on any atom is -0.490 e. The molecule has 1 rings (SSSR count). The first kappa shape index (κ1) is 7.91. The molecule has 61 valence electrons. The van der Waals surface area contributed by atoms with Crippen molar-refractivity contribution in [1.82, 2.24) is 9.78 Å². The Morgan fingerprint density at radius 3 is 2.91 bits per heavy atom. The summed E-state index contributed by atoms with van der Waals surface area (Å²) < 4.78 is 11.8. The van der Waals surface area contributed by atoms with Crippen LogP contribution in [0.3, 0.4) is 0 Å². The average molecular weight is 155 g/mol. The minimum absolute atomic E-state index is 0.550. The number of rotatable bonds is 3. The van der Waals surface area contributed by atoms with Crippen LogP contribution in [0.1, 0.15) is 6.92 Å². The highest BCUT2D eigenvalue weighted by molar-refractivity contribution is 5.29. The first-order chi connectivity index (χ1) is 5.29. The maximum Gasteiger partial charge on any atom is 0.256 e. The molecule has 1 aromatic heterocycles. The van der Waals surface area contributed by atoms with E-state index in [9.17, 15) is 0 Å². The molecule has 1 heterocycles. The van der Waals surface area contributed by atoms with Crippen molar-refractivity contribution in [2.75, 3.05) is 13.7 Å². The molecule has 0 atom stereocenters. The molecule has 0 aliphatic carbocycles. The highest BCUT2D eigenvalue weighted by atomic mass is 16.5. The molecule has 0 spiro atoms. The fourth-order valence-corrected chi connectivity index (χ4v) is 0.789. The Hall–Kier alpha value is -1.19. The van der Waals surface area contributed by atoms with Gasteiger partial charge in [0.25, 0.3) is 5.88 Å². The molecule has 0 aromatic carbocycles. The van der Waals surface area contributed by atoms with E-state index in [1.54, 1.807) is 18.8 Å². The maximum atomic E-state index is 5.24. The van der Waals surface area contributed by atoms with Gasteiger partial charge in [-0.05, 0) is 6.92 Å². The highest BCUT2D eigenvalue weighted by Crippen LogP contribution is 2.23. The molecule has 1 aromatic rings. The van der Waals surface area contributed by atoms with Crippen molar-refractivity contribution in [3.05, 3.63) is 6.20 Å². The van der Waals surface area contributed by atoms with E-state index in [4.69, 9.17) is 9.47 Å². The summed E-state index contributed by atoms with van der Waals surface area (Å²) in [5.74, 6) is 1.17. The Bertz CT molecular complexity index is 232. The van der Waals surface area contributed by atoms with E-state index in [0.29, 0.717) is 18.2 Å². The lowest BCUT2D eigenvalue weighted by Gasteiger charge is -2.04. The number of aryl methyl sites for hydroxylation is 1. The number of methoxy groups -OCH3 is 1. The standard InChI is InChI=1S/C7H11N2O2/c1-4-11-7-6(10-3)5-8-9(7)2/h4H2,1-3H3. The number of aromatic nitrogens is 2. The van der Waals surface area contributed by atoms with Crippen molar-refractivity contribution in [2.45, 2.75) is 6.92 Å². The summed E-state index contributed by atoms with van der Waals surface area (Å²) in [6.07, 6.45) is 2.67. The third-order valence-electron chi connectivity index (χ3n) is 1.27. The lowest BCUT2D eigenvalue weighted by molar-refractivity contribution is 0.287. The Balaban J connectivity index is 2.88. The van der Waals surface area contributed by atoms with Crippen LogP contribution >= 0.6 is 0 Å². The monoisotopic (exact) mass is 155 g/mol. The summed E-state index contributed by atoms with van der Waals surface area (Å²) in [6, 6.07) is 0. The summed E-state index contributed by atoms with van der Waals surface area (Å²) in [4.78, 5) is 0. The SMILES string of the molecule is CCOc1c(OC)[c]nn1C. The van der Waals surface area contributed by atoms with Gasteiger partial charge in [-0.1, -0.05) is 0 Å². The number of nitrogens with zero attached hydrogens (tertiary/aromatic N) is 2. The van der Waals surface area contributed by atoms with Crippen LogP contribution in [0.4, 0.5) is 0 Å². The van der Waals surface area contributed by atoms with Crippen LogP contribution < -0.4 is 9.47 Å². The van der Waals surface area contributed by atoms with Gasteiger partial charge in [-0.3, -0.25) is 0 Å². The van der Waals surface area contributed by atoms with Crippen LogP contribution in [-0.4, -0.2) is 23.5 Å². The van der Waals surface area contributed by atoms with E-state index >= 15 is 0 Å². The van der Waals surface area contributed by atoms with Crippen LogP contribution in [0.2, 0.25) is 0 Å². The predicted octanol–water partition coefficient (Wildman–Crippen LogP) is 0.628. The summed E-state index contributed by atoms with van der Waals surface area (Å²) in [5.41, 5.74) is 0. The maximum absolute atomic E-state index is 5.24. The predicted molar refractivity (Wildman–Crippen MR) is 39.8 cm³/mol. The Labute approximate surface area is 65.7 Å². The number of hydrogen-bond donors (Lipinski definition) is 0. The van der Waals surface area contributed by atoms with Crippen LogP contribution in [-0.2, 0) is 7.05 Å². The van der Waals surface area contributed by atoms with E-state index in [-0.39, 0.29) is 0 Å². The van der Waals surface area contributed by atoms with E-state index in [1.165, 1.54) is 0 Å². The molecule has 0 fully saturated rings. The van der Waals surface area contributed by atoms with Gasteiger partial charge in [0.2, 0.25) is 5.75 Å². The lowest BCUT2D eigenvalue weighted by Crippen LogP contribution is -2.00. The second-order valence-corrected chi connectivity index (χ2v) is 2.01. The van der Waals surface area contributed by atoms with Crippen LogP contribution in [0.25, 0.3) is 0 Å². The third kappa shape index (κ3) is 1.45. The molecule has 0 saturated carbocycles. The van der Waals surface area contributed by atoms with Gasteiger partial charge in [-0.2, -0.15) is 5.10 Å². The van der Waals surface area contributed by atoms with Gasteiger partial charge in [0.15, 0.2) is 6.20 Å². The molecule has 0 unspecified atom stereocenters. The lowest BCUT2D eigenvalue weighted by atomic mass is 10.6. The smallest absolute Gasteiger partial charge is 0.256 e. The van der Waals surface area contributed by atoms with Gasteiger partial charge < -0.3 is 9.47 Å². The Kier molecular flexibility index (Phi) is 2.36. The Morgan fingerprint density at radius 2 is 2.36 bits per heavy atom. The van der Waals surface area contributed by atoms with Gasteiger partial charge in [-0.15, -0.1) is 0 Å². The number of hydrogen-bond acceptors (Lipinski definition) is 3. The molecule has 0 N–H and O–H groups in total. The quantitative estimate of drug-likeness (QED) is 0.642. The Morgan fingerprint density at radius 1 is 1.64 bits per heavy atom. The van der Waals surface area contributed by atoms with E-state index < -0.39 is 0 Å². The van der Waals surface area contributed by atoms with Crippen molar-refractivity contribution >= 4 is 0 Å². The van der Waals surface area contributed by atoms with Crippen LogP contribution in [0, 0.1) is 6.20 Å². The molecule has 4 heteroatoms. The second-order valence-electron chi connectivity index (χ2n) is 2.01. The van der Waals surface area contributed by atoms with Crippen LogP contribution in [0.15, 0.2) is 0 Å². The third-order valence-corrected chi connectivity index (χ3v) is 1.27. The fourth-order valence-electron chi connectivity index (χ4n) is 0.789. The second kappa shape index (κ2) is 3.27. The molecule has 0 aliphatic heterocycles. The number of ether oxygens (including phenoxy) is 2. The highest BCUT2D eigenvalue weighted by Gasteiger charge is 2.09. The fraction of sp³-hybridized carbons (Fsp3) is 0.571. The molecule has 1 radical (unpaired) electrons. The zero-order valence-corrected chi connectivity index (χ0v) is 6.92. The van der Waals surface area contributed by atoms with Crippen molar-refractivity contribution in [1.29, 1.82) is 0 Å². The summed E-state index contributed by atoms with van der Waals surface area (Å²) in [6.45, 7) is 2.51. The van der Waals surface area contributed by atoms with Gasteiger partial charge >= 0.3 is 0 Å². The molecule has 4 nitrogen and oxygen atoms in total. The van der Waals surface area contributed by atoms with Crippen molar-refractivity contribution in [2.24, 2.45) is 7.05 Å². The first-order valence-electron chi connectivity index (χ1n) is 3.41. The topological polar surface area (TPSA) is 36.3 Å². The molecular weight excluding hydrogens is 144 g/mol. The van der Waals surface area contributed by atoms with E-state index in [1.807, 2.05) is 6.92 Å². The zero-order chi connectivity index (χ0) is 8.27. The average Bonchev–Trinajstić information content (AvgIpc) is 2.34.